The number of nitrogens with zero attached hydrogens (tertiary/aromatic N) is 1. The van der Waals surface area contributed by atoms with E-state index in [9.17, 15) is 13.2 Å². The molecule has 0 saturated heterocycles. The Balaban J connectivity index is 2.16. The quantitative estimate of drug-likeness (QED) is 0.829. The van der Waals surface area contributed by atoms with Gasteiger partial charge in [0.2, 0.25) is 15.9 Å². The Kier molecular flexibility index (Phi) is 6.27. The maximum absolute atomic E-state index is 12.5. The van der Waals surface area contributed by atoms with E-state index < -0.39 is 10.0 Å². The van der Waals surface area contributed by atoms with Crippen LogP contribution in [-0.2, 0) is 14.8 Å². The Labute approximate surface area is 145 Å². The topological polar surface area (TPSA) is 66.5 Å². The molecule has 0 bridgehead atoms. The zero-order chi connectivity index (χ0) is 17.7. The van der Waals surface area contributed by atoms with Gasteiger partial charge >= 0.3 is 0 Å². The van der Waals surface area contributed by atoms with Gasteiger partial charge in [-0.1, -0.05) is 43.9 Å². The molecule has 0 atom stereocenters. The molecule has 1 N–H and O–H groups in total. The maximum atomic E-state index is 12.5. The van der Waals surface area contributed by atoms with Crippen LogP contribution in [0, 0.1) is 13.8 Å². The van der Waals surface area contributed by atoms with Gasteiger partial charge in [-0.15, -0.1) is 0 Å². The number of para-hydroxylation sites is 1. The van der Waals surface area contributed by atoms with Crippen LogP contribution >= 0.6 is 0 Å². The molecule has 6 heteroatoms. The van der Waals surface area contributed by atoms with Crippen molar-refractivity contribution >= 4 is 21.6 Å². The lowest BCUT2D eigenvalue weighted by atomic mass is 10.1. The molecule has 0 spiro atoms. The molecule has 0 aromatic heterocycles. The van der Waals surface area contributed by atoms with Crippen molar-refractivity contribution in [2.45, 2.75) is 58.4 Å². The molecule has 1 aromatic rings. The molecular weight excluding hydrogens is 324 g/mol. The number of anilines is 1. The van der Waals surface area contributed by atoms with Gasteiger partial charge in [-0.2, -0.15) is 0 Å². The van der Waals surface area contributed by atoms with Crippen LogP contribution in [0.4, 0.5) is 5.69 Å². The molecule has 24 heavy (non-hydrogen) atoms. The summed E-state index contributed by atoms with van der Waals surface area (Å²) in [6.07, 6.45) is 7.78. The summed E-state index contributed by atoms with van der Waals surface area (Å²) in [4.78, 5) is 12.5. The van der Waals surface area contributed by atoms with Crippen molar-refractivity contribution in [2.24, 2.45) is 0 Å². The summed E-state index contributed by atoms with van der Waals surface area (Å²) >= 11 is 0. The molecule has 1 saturated carbocycles. The molecule has 1 fully saturated rings. The van der Waals surface area contributed by atoms with E-state index in [4.69, 9.17) is 0 Å². The highest BCUT2D eigenvalue weighted by molar-refractivity contribution is 7.92. The lowest BCUT2D eigenvalue weighted by Crippen LogP contribution is -2.44. The van der Waals surface area contributed by atoms with Crippen LogP contribution < -0.4 is 9.62 Å². The number of hydrogen-bond acceptors (Lipinski definition) is 3. The Morgan fingerprint density at radius 3 is 2.17 bits per heavy atom. The maximum Gasteiger partial charge on any atom is 0.240 e. The molecule has 1 aromatic carbocycles. The van der Waals surface area contributed by atoms with Gasteiger partial charge in [-0.25, -0.2) is 8.42 Å². The van der Waals surface area contributed by atoms with Crippen molar-refractivity contribution in [3.63, 3.8) is 0 Å². The van der Waals surface area contributed by atoms with E-state index in [1.807, 2.05) is 32.0 Å². The average molecular weight is 353 g/mol. The van der Waals surface area contributed by atoms with E-state index in [2.05, 4.69) is 5.32 Å². The van der Waals surface area contributed by atoms with E-state index in [1.54, 1.807) is 0 Å². The predicted octanol–water partition coefficient (Wildman–Crippen LogP) is 2.91. The second kappa shape index (κ2) is 8.01. The normalized spacial score (nSPS) is 16.5. The SMILES string of the molecule is Cc1cccc(C)c1N(CC(=O)NC1CCCCCC1)S(C)(=O)=O. The first-order valence-electron chi connectivity index (χ1n) is 8.62. The monoisotopic (exact) mass is 352 g/mol. The zero-order valence-corrected chi connectivity index (χ0v) is 15.7. The van der Waals surface area contributed by atoms with Crippen LogP contribution in [0.25, 0.3) is 0 Å². The molecule has 0 unspecified atom stereocenters. The van der Waals surface area contributed by atoms with Crippen LogP contribution in [0.2, 0.25) is 0 Å². The largest absolute Gasteiger partial charge is 0.352 e. The van der Waals surface area contributed by atoms with E-state index >= 15 is 0 Å². The van der Waals surface area contributed by atoms with E-state index in [-0.39, 0.29) is 18.5 Å². The van der Waals surface area contributed by atoms with Gasteiger partial charge in [0.15, 0.2) is 0 Å². The van der Waals surface area contributed by atoms with E-state index in [0.29, 0.717) is 5.69 Å². The van der Waals surface area contributed by atoms with Gasteiger partial charge in [0.05, 0.1) is 11.9 Å². The van der Waals surface area contributed by atoms with Crippen LogP contribution in [0.15, 0.2) is 18.2 Å². The second-order valence-corrected chi connectivity index (χ2v) is 8.67. The summed E-state index contributed by atoms with van der Waals surface area (Å²) < 4.78 is 25.8. The minimum Gasteiger partial charge on any atom is -0.352 e. The fourth-order valence-electron chi connectivity index (χ4n) is 3.39. The number of carbonyl (C=O) groups is 1. The number of benzene rings is 1. The van der Waals surface area contributed by atoms with Crippen LogP contribution in [-0.4, -0.2) is 33.2 Å². The smallest absolute Gasteiger partial charge is 0.240 e. The molecule has 2 rings (SSSR count). The fourth-order valence-corrected chi connectivity index (χ4v) is 4.36. The molecule has 1 amide bonds. The number of nitrogens with one attached hydrogen (secondary N) is 1. The lowest BCUT2D eigenvalue weighted by Gasteiger charge is -2.26. The zero-order valence-electron chi connectivity index (χ0n) is 14.8. The first-order chi connectivity index (χ1) is 11.3. The Bertz CT molecular complexity index is 657. The van der Waals surface area contributed by atoms with Crippen molar-refractivity contribution < 1.29 is 13.2 Å². The highest BCUT2D eigenvalue weighted by atomic mass is 32.2. The van der Waals surface area contributed by atoms with Crippen molar-refractivity contribution in [1.82, 2.24) is 5.32 Å². The Morgan fingerprint density at radius 1 is 1.12 bits per heavy atom. The minimum absolute atomic E-state index is 0.166. The third-order valence-corrected chi connectivity index (χ3v) is 5.71. The van der Waals surface area contributed by atoms with Crippen LogP contribution in [0.5, 0.6) is 0 Å². The number of rotatable bonds is 5. The highest BCUT2D eigenvalue weighted by Gasteiger charge is 2.25. The van der Waals surface area contributed by atoms with Gasteiger partial charge in [0.25, 0.3) is 0 Å². The Hall–Kier alpha value is -1.56. The van der Waals surface area contributed by atoms with Gasteiger partial charge in [-0.3, -0.25) is 9.10 Å². The van der Waals surface area contributed by atoms with Crippen molar-refractivity contribution in [1.29, 1.82) is 0 Å². The first-order valence-corrected chi connectivity index (χ1v) is 10.5. The van der Waals surface area contributed by atoms with E-state index in [0.717, 1.165) is 43.1 Å². The Morgan fingerprint density at radius 2 is 1.67 bits per heavy atom. The molecule has 5 nitrogen and oxygen atoms in total. The number of amides is 1. The molecule has 0 radical (unpaired) electrons. The number of aryl methyl sites for hydroxylation is 2. The van der Waals surface area contributed by atoms with Gasteiger partial charge in [0, 0.05) is 6.04 Å². The fraction of sp³-hybridized carbons (Fsp3) is 0.611. The summed E-state index contributed by atoms with van der Waals surface area (Å²) in [5, 5.41) is 3.03. The van der Waals surface area contributed by atoms with Crippen molar-refractivity contribution in [3.8, 4) is 0 Å². The summed E-state index contributed by atoms with van der Waals surface area (Å²) in [5.74, 6) is -0.227. The summed E-state index contributed by atoms with van der Waals surface area (Å²) in [6.45, 7) is 3.56. The van der Waals surface area contributed by atoms with Crippen LogP contribution in [0.1, 0.15) is 49.7 Å². The van der Waals surface area contributed by atoms with Crippen molar-refractivity contribution in [2.75, 3.05) is 17.1 Å². The minimum atomic E-state index is -3.53. The summed E-state index contributed by atoms with van der Waals surface area (Å²) in [7, 11) is -3.53. The molecule has 1 aliphatic rings. The summed E-state index contributed by atoms with van der Waals surface area (Å²) in [6, 6.07) is 5.78. The average Bonchev–Trinajstić information content (AvgIpc) is 2.73. The highest BCUT2D eigenvalue weighted by Crippen LogP contribution is 2.26. The third-order valence-electron chi connectivity index (χ3n) is 4.60. The molecule has 0 heterocycles. The number of hydrogen-bond donors (Lipinski definition) is 1. The molecular formula is C18H28N2O3S. The standard InChI is InChI=1S/C18H28N2O3S/c1-14-9-8-10-15(2)18(14)20(24(3,22)23)13-17(21)19-16-11-6-4-5-7-12-16/h8-10,16H,4-7,11-13H2,1-3H3,(H,19,21). The van der Waals surface area contributed by atoms with Crippen molar-refractivity contribution in [3.05, 3.63) is 29.3 Å². The predicted molar refractivity (Wildman–Crippen MR) is 97.7 cm³/mol. The molecule has 134 valence electrons. The third kappa shape index (κ3) is 4.97. The first kappa shape index (κ1) is 18.8. The summed E-state index contributed by atoms with van der Waals surface area (Å²) in [5.41, 5.74) is 2.31. The van der Waals surface area contributed by atoms with Crippen LogP contribution in [0.3, 0.4) is 0 Å². The van der Waals surface area contributed by atoms with Gasteiger partial charge < -0.3 is 5.32 Å². The van der Waals surface area contributed by atoms with Gasteiger partial charge in [-0.05, 0) is 37.8 Å². The van der Waals surface area contributed by atoms with Gasteiger partial charge in [0.1, 0.15) is 6.54 Å². The number of sulfonamides is 1. The number of carbonyl (C=O) groups excluding carboxylic acids is 1. The molecule has 1 aliphatic carbocycles. The lowest BCUT2D eigenvalue weighted by molar-refractivity contribution is -0.120. The molecule has 0 aliphatic heterocycles. The van der Waals surface area contributed by atoms with E-state index in [1.165, 1.54) is 17.1 Å². The second-order valence-electron chi connectivity index (χ2n) is 6.77.